The van der Waals surface area contributed by atoms with Crippen molar-refractivity contribution in [3.05, 3.63) is 12.7 Å². The summed E-state index contributed by atoms with van der Waals surface area (Å²) in [5.41, 5.74) is 0.742. The van der Waals surface area contributed by atoms with Crippen LogP contribution in [0.2, 0.25) is 0 Å². The van der Waals surface area contributed by atoms with Crippen molar-refractivity contribution in [3.8, 4) is 0 Å². The number of carbonyl (C=O) groups excluding carboxylic acids is 1. The van der Waals surface area contributed by atoms with Gasteiger partial charge in [0, 0.05) is 6.42 Å². The number of aliphatic hydroxyl groups excluding tert-OH is 1. The van der Waals surface area contributed by atoms with Crippen molar-refractivity contribution in [1.82, 2.24) is 19.5 Å². The third-order valence-electron chi connectivity index (χ3n) is 4.37. The van der Waals surface area contributed by atoms with E-state index in [4.69, 9.17) is 21.4 Å². The molecule has 142 valence electrons. The van der Waals surface area contributed by atoms with Gasteiger partial charge < -0.3 is 15.2 Å². The summed E-state index contributed by atoms with van der Waals surface area (Å²) in [6, 6.07) is 0. The molecule has 2 aromatic heterocycles. The van der Waals surface area contributed by atoms with E-state index in [1.54, 1.807) is 0 Å². The maximum absolute atomic E-state index is 11.9. The monoisotopic (exact) mass is 394 g/mol. The number of carbonyl (C=O) groups is 1. The predicted octanol–water partition coefficient (Wildman–Crippen LogP) is 0.0770. The lowest BCUT2D eigenvalue weighted by atomic mass is 10.1. The summed E-state index contributed by atoms with van der Waals surface area (Å²) in [6.07, 6.45) is 0.359. The minimum atomic E-state index is -3.46. The van der Waals surface area contributed by atoms with Crippen molar-refractivity contribution in [2.45, 2.75) is 44.3 Å². The van der Waals surface area contributed by atoms with Crippen LogP contribution in [0.15, 0.2) is 12.7 Å². The molecule has 2 saturated heterocycles. The Kier molecular flexibility index (Phi) is 4.87. The van der Waals surface area contributed by atoms with E-state index in [0.29, 0.717) is 24.0 Å². The molecule has 5 atom stereocenters. The van der Waals surface area contributed by atoms with Crippen LogP contribution in [0.3, 0.4) is 0 Å². The zero-order valence-corrected chi connectivity index (χ0v) is 15.3. The van der Waals surface area contributed by atoms with Crippen LogP contribution in [0.25, 0.3) is 11.2 Å². The summed E-state index contributed by atoms with van der Waals surface area (Å²) < 4.78 is 17.7. The zero-order valence-electron chi connectivity index (χ0n) is 14.4. The highest BCUT2D eigenvalue weighted by molar-refractivity contribution is 7.85. The van der Waals surface area contributed by atoms with Gasteiger partial charge in [0.05, 0.1) is 6.33 Å². The Labute approximate surface area is 156 Å². The fourth-order valence-electron chi connectivity index (χ4n) is 3.15. The Balaban J connectivity index is 1.62. The number of imidazole rings is 1. The Hall–Kier alpha value is -1.69. The minimum Gasteiger partial charge on any atom is -0.385 e. The van der Waals surface area contributed by atoms with Crippen molar-refractivity contribution in [3.63, 3.8) is 0 Å². The highest BCUT2D eigenvalue weighted by Crippen LogP contribution is 2.58. The summed E-state index contributed by atoms with van der Waals surface area (Å²) in [7, 11) is 2.05. The van der Waals surface area contributed by atoms with E-state index in [1.807, 2.05) is 6.92 Å². The van der Waals surface area contributed by atoms with Gasteiger partial charge in [0.15, 0.2) is 29.3 Å². The van der Waals surface area contributed by atoms with E-state index >= 15 is 0 Å². The summed E-state index contributed by atoms with van der Waals surface area (Å²) in [5.74, 6) is 0.107. The molecule has 2 radical (unpaired) electrons. The second-order valence-corrected chi connectivity index (χ2v) is 7.93. The van der Waals surface area contributed by atoms with Crippen LogP contribution in [0.1, 0.15) is 26.0 Å². The molecular formula is C14H18BN5O6P+. The van der Waals surface area contributed by atoms with E-state index < -0.39 is 32.4 Å². The number of rotatable bonds is 4. The number of nitrogens with one attached hydrogen (secondary N) is 1. The molecule has 2 aliphatic heterocycles. The summed E-state index contributed by atoms with van der Waals surface area (Å²) in [5, 5.41) is 13.3. The van der Waals surface area contributed by atoms with Gasteiger partial charge in [-0.05, 0) is 6.42 Å². The number of hydrogen-bond donors (Lipinski definition) is 3. The van der Waals surface area contributed by atoms with E-state index in [9.17, 15) is 14.8 Å². The SMILES string of the molecule is [B][P+]1(O)OC[C@H]2O[C@@H](n3cnc4c(NC(=O)CCC)ncnc43)C(O)[C@H]2O1. The lowest BCUT2D eigenvalue weighted by Gasteiger charge is -2.27. The lowest BCUT2D eigenvalue weighted by Crippen LogP contribution is -2.40. The largest absolute Gasteiger partial charge is 0.488 e. The Morgan fingerprint density at radius 2 is 2.30 bits per heavy atom. The molecule has 2 aliphatic rings. The molecule has 4 heterocycles. The van der Waals surface area contributed by atoms with Gasteiger partial charge in [0.2, 0.25) is 5.91 Å². The molecule has 3 N–H and O–H groups in total. The number of amides is 1. The van der Waals surface area contributed by atoms with Crippen LogP contribution in [0.4, 0.5) is 5.82 Å². The fourth-order valence-corrected chi connectivity index (χ4v) is 4.18. The van der Waals surface area contributed by atoms with Gasteiger partial charge in [-0.2, -0.15) is 9.05 Å². The van der Waals surface area contributed by atoms with Gasteiger partial charge >= 0.3 is 15.4 Å². The van der Waals surface area contributed by atoms with Crippen molar-refractivity contribution < 1.29 is 28.6 Å². The van der Waals surface area contributed by atoms with Crippen molar-refractivity contribution in [1.29, 1.82) is 0 Å². The molecule has 1 amide bonds. The van der Waals surface area contributed by atoms with Crippen LogP contribution in [0.5, 0.6) is 0 Å². The smallest absolute Gasteiger partial charge is 0.385 e. The second kappa shape index (κ2) is 7.04. The average molecular weight is 394 g/mol. The highest BCUT2D eigenvalue weighted by atomic mass is 31.2. The maximum Gasteiger partial charge on any atom is 0.488 e. The van der Waals surface area contributed by atoms with Crippen LogP contribution < -0.4 is 5.32 Å². The first-order valence-electron chi connectivity index (χ1n) is 8.44. The first-order chi connectivity index (χ1) is 12.9. The zero-order chi connectivity index (χ0) is 19.2. The molecule has 0 saturated carbocycles. The van der Waals surface area contributed by atoms with Crippen molar-refractivity contribution in [2.24, 2.45) is 0 Å². The molecule has 0 aromatic carbocycles. The van der Waals surface area contributed by atoms with E-state index in [1.165, 1.54) is 17.2 Å². The van der Waals surface area contributed by atoms with E-state index in [-0.39, 0.29) is 18.3 Å². The number of hydrogen-bond acceptors (Lipinski definition) is 9. The molecule has 0 aliphatic carbocycles. The summed E-state index contributed by atoms with van der Waals surface area (Å²) in [4.78, 5) is 34.2. The van der Waals surface area contributed by atoms with Crippen LogP contribution in [0, 0.1) is 0 Å². The molecule has 13 heteroatoms. The minimum absolute atomic E-state index is 0.00105. The lowest BCUT2D eigenvalue weighted by molar-refractivity contribution is -0.116. The maximum atomic E-state index is 11.9. The highest BCUT2D eigenvalue weighted by Gasteiger charge is 2.56. The summed E-state index contributed by atoms with van der Waals surface area (Å²) >= 11 is 0. The quantitative estimate of drug-likeness (QED) is 0.486. The molecule has 0 spiro atoms. The van der Waals surface area contributed by atoms with Gasteiger partial charge in [-0.3, -0.25) is 9.36 Å². The van der Waals surface area contributed by atoms with Gasteiger partial charge in [0.25, 0.3) is 0 Å². The van der Waals surface area contributed by atoms with Gasteiger partial charge in [-0.15, -0.1) is 0 Å². The number of fused-ring (bicyclic) bond motifs is 2. The number of anilines is 1. The van der Waals surface area contributed by atoms with Crippen LogP contribution >= 0.6 is 7.82 Å². The molecule has 11 nitrogen and oxygen atoms in total. The number of aliphatic hydroxyl groups is 1. The van der Waals surface area contributed by atoms with Gasteiger partial charge in [-0.25, -0.2) is 19.8 Å². The molecule has 0 bridgehead atoms. The first-order valence-corrected chi connectivity index (χ1v) is 10.1. The van der Waals surface area contributed by atoms with Crippen molar-refractivity contribution in [2.75, 3.05) is 11.9 Å². The molecule has 2 fully saturated rings. The average Bonchev–Trinajstić information content (AvgIpc) is 3.17. The molecule has 2 aromatic rings. The third-order valence-corrected chi connectivity index (χ3v) is 5.44. The number of nitrogens with zero attached hydrogens (tertiary/aromatic N) is 4. The van der Waals surface area contributed by atoms with Crippen LogP contribution in [-0.4, -0.2) is 67.9 Å². The molecule has 4 rings (SSSR count). The second-order valence-electron chi connectivity index (χ2n) is 6.33. The van der Waals surface area contributed by atoms with Gasteiger partial charge in [0.1, 0.15) is 25.1 Å². The number of aromatic nitrogens is 4. The standard InChI is InChI=1S/C14H18BN5O6P/c1-2-3-8(21)19-12-9-13(17-5-16-12)20(6-18-9)14-10(22)11-7(25-14)4-24-27(15,23)26-11/h5-7,10-11,14,22-23H,2-4H2,1H3,(H,16,17,19,21)/q+1/t7-,10?,11+,14-,27?/m1/s1. The topological polar surface area (TPSA) is 141 Å². The molecule has 27 heavy (non-hydrogen) atoms. The summed E-state index contributed by atoms with van der Waals surface area (Å²) in [6.45, 7) is 1.90. The molecule has 2 unspecified atom stereocenters. The number of ether oxygens (including phenoxy) is 1. The van der Waals surface area contributed by atoms with E-state index in [0.717, 1.165) is 0 Å². The first kappa shape index (κ1) is 18.7. The van der Waals surface area contributed by atoms with Gasteiger partial charge in [-0.1, -0.05) is 6.92 Å². The third kappa shape index (κ3) is 3.44. The predicted molar refractivity (Wildman–Crippen MR) is 94.5 cm³/mol. The van der Waals surface area contributed by atoms with Crippen LogP contribution in [-0.2, 0) is 18.6 Å². The van der Waals surface area contributed by atoms with E-state index in [2.05, 4.69) is 20.3 Å². The Morgan fingerprint density at radius 3 is 3.07 bits per heavy atom. The Morgan fingerprint density at radius 1 is 1.48 bits per heavy atom. The van der Waals surface area contributed by atoms with Crippen molar-refractivity contribution >= 4 is 38.3 Å². The molecular weight excluding hydrogens is 376 g/mol. The normalized spacial score (nSPS) is 33.1. The fraction of sp³-hybridized carbons (Fsp3) is 0.571. The Bertz CT molecular complexity index is 866.